The molecule has 2 aromatic heterocycles. The molecule has 1 aliphatic rings. The van der Waals surface area contributed by atoms with Crippen molar-refractivity contribution in [1.29, 1.82) is 0 Å². The van der Waals surface area contributed by atoms with E-state index in [2.05, 4.69) is 20.4 Å². The molecule has 0 spiro atoms. The lowest BCUT2D eigenvalue weighted by molar-refractivity contribution is -0.140. The zero-order valence-electron chi connectivity index (χ0n) is 13.0. The van der Waals surface area contributed by atoms with Crippen molar-refractivity contribution in [2.24, 2.45) is 0 Å². The molecule has 0 aliphatic carbocycles. The molecule has 0 aromatic carbocycles. The van der Waals surface area contributed by atoms with Crippen LogP contribution in [0.2, 0.25) is 0 Å². The van der Waals surface area contributed by atoms with E-state index in [4.69, 9.17) is 4.42 Å². The Labute approximate surface area is 136 Å². The SMILES string of the molecule is Cc1[nH]nc(C(F)(F)F)c1NC(=O)c1ccc(CN2CCCC2)o1. The van der Waals surface area contributed by atoms with Crippen molar-refractivity contribution in [2.45, 2.75) is 32.5 Å². The second-order valence-corrected chi connectivity index (χ2v) is 5.77. The average Bonchev–Trinajstić information content (AvgIpc) is 3.21. The Kier molecular flexibility index (Phi) is 4.35. The molecular formula is C15H17F3N4O2. The number of likely N-dealkylation sites (tertiary alicyclic amines) is 1. The van der Waals surface area contributed by atoms with Gasteiger partial charge in [0.25, 0.3) is 5.91 Å². The van der Waals surface area contributed by atoms with Gasteiger partial charge in [0, 0.05) is 0 Å². The van der Waals surface area contributed by atoms with Gasteiger partial charge < -0.3 is 9.73 Å². The van der Waals surface area contributed by atoms with E-state index >= 15 is 0 Å². The number of aryl methyl sites for hydroxylation is 1. The van der Waals surface area contributed by atoms with Crippen LogP contribution in [0.15, 0.2) is 16.5 Å². The summed E-state index contributed by atoms with van der Waals surface area (Å²) in [6, 6.07) is 3.13. The highest BCUT2D eigenvalue weighted by Crippen LogP contribution is 2.34. The zero-order chi connectivity index (χ0) is 17.3. The third kappa shape index (κ3) is 3.45. The minimum Gasteiger partial charge on any atom is -0.455 e. The molecule has 1 fully saturated rings. The van der Waals surface area contributed by atoms with Crippen molar-refractivity contribution in [3.05, 3.63) is 35.0 Å². The number of H-pyrrole nitrogens is 1. The summed E-state index contributed by atoms with van der Waals surface area (Å²) in [5.41, 5.74) is -1.42. The van der Waals surface area contributed by atoms with E-state index in [9.17, 15) is 18.0 Å². The van der Waals surface area contributed by atoms with Crippen LogP contribution >= 0.6 is 0 Å². The van der Waals surface area contributed by atoms with Crippen LogP contribution < -0.4 is 5.32 Å². The first-order chi connectivity index (χ1) is 11.3. The number of nitrogens with one attached hydrogen (secondary N) is 2. The Balaban J connectivity index is 1.72. The monoisotopic (exact) mass is 342 g/mol. The van der Waals surface area contributed by atoms with Crippen molar-refractivity contribution in [2.75, 3.05) is 18.4 Å². The van der Waals surface area contributed by atoms with Crippen LogP contribution in [-0.4, -0.2) is 34.1 Å². The molecule has 0 unspecified atom stereocenters. The number of anilines is 1. The van der Waals surface area contributed by atoms with E-state index in [1.165, 1.54) is 13.0 Å². The smallest absolute Gasteiger partial charge is 0.437 e. The molecule has 2 aromatic rings. The Morgan fingerprint density at radius 1 is 1.38 bits per heavy atom. The van der Waals surface area contributed by atoms with E-state index in [1.54, 1.807) is 6.07 Å². The summed E-state index contributed by atoms with van der Waals surface area (Å²) in [6.07, 6.45) is -2.39. The molecule has 130 valence electrons. The van der Waals surface area contributed by atoms with Crippen LogP contribution in [0.1, 0.15) is 40.5 Å². The normalized spacial score (nSPS) is 15.8. The highest BCUT2D eigenvalue weighted by Gasteiger charge is 2.38. The second kappa shape index (κ2) is 6.31. The number of hydrogen-bond donors (Lipinski definition) is 2. The highest BCUT2D eigenvalue weighted by atomic mass is 19.4. The van der Waals surface area contributed by atoms with Gasteiger partial charge in [0.15, 0.2) is 11.5 Å². The minimum atomic E-state index is -4.66. The van der Waals surface area contributed by atoms with Gasteiger partial charge in [-0.25, -0.2) is 0 Å². The van der Waals surface area contributed by atoms with Gasteiger partial charge in [-0.3, -0.25) is 14.8 Å². The summed E-state index contributed by atoms with van der Waals surface area (Å²) >= 11 is 0. The average molecular weight is 342 g/mol. The molecular weight excluding hydrogens is 325 g/mol. The Bertz CT molecular complexity index is 729. The van der Waals surface area contributed by atoms with Crippen molar-refractivity contribution < 1.29 is 22.4 Å². The number of nitrogens with zero attached hydrogens (tertiary/aromatic N) is 2. The van der Waals surface area contributed by atoms with Crippen LogP contribution in [0.25, 0.3) is 0 Å². The van der Waals surface area contributed by atoms with Gasteiger partial charge >= 0.3 is 6.18 Å². The summed E-state index contributed by atoms with van der Waals surface area (Å²) in [6.45, 7) is 3.95. The topological polar surface area (TPSA) is 74.2 Å². The molecule has 3 rings (SSSR count). The van der Waals surface area contributed by atoms with Gasteiger partial charge in [0.2, 0.25) is 0 Å². The lowest BCUT2D eigenvalue weighted by atomic mass is 10.2. The van der Waals surface area contributed by atoms with Crippen molar-refractivity contribution in [1.82, 2.24) is 15.1 Å². The van der Waals surface area contributed by atoms with Gasteiger partial charge in [-0.05, 0) is 45.0 Å². The molecule has 6 nitrogen and oxygen atoms in total. The number of aromatic nitrogens is 2. The largest absolute Gasteiger partial charge is 0.455 e. The lowest BCUT2D eigenvalue weighted by Gasteiger charge is -2.11. The third-order valence-electron chi connectivity index (χ3n) is 3.92. The van der Waals surface area contributed by atoms with Gasteiger partial charge in [0.1, 0.15) is 5.76 Å². The maximum atomic E-state index is 12.9. The van der Waals surface area contributed by atoms with Gasteiger partial charge in [-0.2, -0.15) is 18.3 Å². The number of amides is 1. The summed E-state index contributed by atoms with van der Waals surface area (Å²) in [7, 11) is 0. The maximum absolute atomic E-state index is 12.9. The van der Waals surface area contributed by atoms with Gasteiger partial charge in [-0.15, -0.1) is 0 Å². The highest BCUT2D eigenvalue weighted by molar-refractivity contribution is 6.03. The molecule has 9 heteroatoms. The second-order valence-electron chi connectivity index (χ2n) is 5.77. The third-order valence-corrected chi connectivity index (χ3v) is 3.92. The van der Waals surface area contributed by atoms with Crippen LogP contribution in [0.5, 0.6) is 0 Å². The van der Waals surface area contributed by atoms with Gasteiger partial charge in [0.05, 0.1) is 17.9 Å². The molecule has 0 bridgehead atoms. The van der Waals surface area contributed by atoms with E-state index in [-0.39, 0.29) is 17.1 Å². The van der Waals surface area contributed by atoms with Crippen molar-refractivity contribution >= 4 is 11.6 Å². The molecule has 0 saturated carbocycles. The quantitative estimate of drug-likeness (QED) is 0.895. The van der Waals surface area contributed by atoms with Crippen LogP contribution in [0.4, 0.5) is 18.9 Å². The molecule has 0 atom stereocenters. The Morgan fingerprint density at radius 2 is 2.08 bits per heavy atom. The summed E-state index contributed by atoms with van der Waals surface area (Å²) in [5.74, 6) is -0.155. The molecule has 3 heterocycles. The number of aromatic amines is 1. The predicted octanol–water partition coefficient (Wildman–Crippen LogP) is 3.18. The maximum Gasteiger partial charge on any atom is 0.437 e. The van der Waals surface area contributed by atoms with Crippen molar-refractivity contribution in [3.8, 4) is 0 Å². The van der Waals surface area contributed by atoms with Crippen LogP contribution in [0.3, 0.4) is 0 Å². The fourth-order valence-corrected chi connectivity index (χ4v) is 2.71. The molecule has 1 amide bonds. The fourth-order valence-electron chi connectivity index (χ4n) is 2.71. The number of carbonyl (C=O) groups excluding carboxylic acids is 1. The number of halogens is 3. The van der Waals surface area contributed by atoms with Crippen LogP contribution in [-0.2, 0) is 12.7 Å². The number of hydrogen-bond acceptors (Lipinski definition) is 4. The summed E-state index contributed by atoms with van der Waals surface area (Å²) < 4.78 is 44.1. The molecule has 0 radical (unpaired) electrons. The van der Waals surface area contributed by atoms with E-state index in [0.29, 0.717) is 12.3 Å². The molecule has 24 heavy (non-hydrogen) atoms. The minimum absolute atomic E-state index is 0.0297. The zero-order valence-corrected chi connectivity index (χ0v) is 13.0. The fraction of sp³-hybridized carbons (Fsp3) is 0.467. The number of rotatable bonds is 4. The number of alkyl halides is 3. The summed E-state index contributed by atoms with van der Waals surface area (Å²) in [5, 5.41) is 7.67. The lowest BCUT2D eigenvalue weighted by Crippen LogP contribution is -2.18. The van der Waals surface area contributed by atoms with E-state index in [0.717, 1.165) is 25.9 Å². The van der Waals surface area contributed by atoms with E-state index < -0.39 is 17.8 Å². The van der Waals surface area contributed by atoms with Crippen LogP contribution in [0, 0.1) is 6.92 Å². The first kappa shape index (κ1) is 16.6. The first-order valence-electron chi connectivity index (χ1n) is 7.59. The predicted molar refractivity (Wildman–Crippen MR) is 79.5 cm³/mol. The Morgan fingerprint density at radius 3 is 2.75 bits per heavy atom. The first-order valence-corrected chi connectivity index (χ1v) is 7.59. The van der Waals surface area contributed by atoms with Crippen molar-refractivity contribution in [3.63, 3.8) is 0 Å². The Hall–Kier alpha value is -2.29. The standard InChI is InChI=1S/C15H17F3N4O2/c1-9-12(13(21-20-9)15(16,17)18)19-14(23)11-5-4-10(24-11)8-22-6-2-3-7-22/h4-5H,2-3,6-8H2,1H3,(H,19,23)(H,20,21). The molecule has 2 N–H and O–H groups in total. The molecule has 1 aliphatic heterocycles. The van der Waals surface area contributed by atoms with Gasteiger partial charge in [-0.1, -0.05) is 0 Å². The van der Waals surface area contributed by atoms with E-state index in [1.807, 2.05) is 0 Å². The summed E-state index contributed by atoms with van der Waals surface area (Å²) in [4.78, 5) is 14.4. The number of carbonyl (C=O) groups is 1. The molecule has 1 saturated heterocycles. The number of furan rings is 1.